The molecule has 0 atom stereocenters. The van der Waals surface area contributed by atoms with Gasteiger partial charge in [-0.1, -0.05) is 0 Å². The lowest BCUT2D eigenvalue weighted by Crippen LogP contribution is -2.20. The number of nitrogens with zero attached hydrogens (tertiary/aromatic N) is 2. The molecule has 94 valence electrons. The summed E-state index contributed by atoms with van der Waals surface area (Å²) < 4.78 is 39.4. The van der Waals surface area contributed by atoms with Gasteiger partial charge in [0, 0.05) is 12.6 Å². The predicted octanol–water partition coefficient (Wildman–Crippen LogP) is 0.929. The summed E-state index contributed by atoms with van der Waals surface area (Å²) in [5.41, 5.74) is 9.36. The SMILES string of the molecule is NCc1cc([N+](=O)[O-])c(OC(F)(F)F)c(N)n1. The van der Waals surface area contributed by atoms with Crippen molar-refractivity contribution in [2.45, 2.75) is 12.9 Å². The Labute approximate surface area is 92.3 Å². The van der Waals surface area contributed by atoms with Gasteiger partial charge in [0.15, 0.2) is 5.82 Å². The number of nitro groups is 1. The molecule has 0 amide bonds. The summed E-state index contributed by atoms with van der Waals surface area (Å²) in [5, 5.41) is 10.6. The molecule has 1 rings (SSSR count). The van der Waals surface area contributed by atoms with Crippen LogP contribution in [0.4, 0.5) is 24.7 Å². The van der Waals surface area contributed by atoms with Crippen molar-refractivity contribution < 1.29 is 22.8 Å². The van der Waals surface area contributed by atoms with Gasteiger partial charge < -0.3 is 16.2 Å². The molecule has 0 aliphatic heterocycles. The van der Waals surface area contributed by atoms with Crippen LogP contribution in [0, 0.1) is 10.1 Å². The molecule has 4 N–H and O–H groups in total. The smallest absolute Gasteiger partial charge is 0.394 e. The first-order valence-corrected chi connectivity index (χ1v) is 4.14. The van der Waals surface area contributed by atoms with Crippen molar-refractivity contribution in [2.75, 3.05) is 5.73 Å². The van der Waals surface area contributed by atoms with E-state index in [1.807, 2.05) is 0 Å². The first-order valence-electron chi connectivity index (χ1n) is 4.14. The van der Waals surface area contributed by atoms with Gasteiger partial charge in [0.1, 0.15) is 0 Å². The highest BCUT2D eigenvalue weighted by molar-refractivity contribution is 5.60. The van der Waals surface area contributed by atoms with E-state index in [9.17, 15) is 23.3 Å². The Bertz CT molecular complexity index is 449. The molecule has 7 nitrogen and oxygen atoms in total. The minimum absolute atomic E-state index is 0.0104. The van der Waals surface area contributed by atoms with Gasteiger partial charge in [-0.15, -0.1) is 13.2 Å². The summed E-state index contributed by atoms with van der Waals surface area (Å²) >= 11 is 0. The minimum Gasteiger partial charge on any atom is -0.394 e. The molecule has 0 radical (unpaired) electrons. The molecule has 0 aromatic carbocycles. The molecule has 17 heavy (non-hydrogen) atoms. The second kappa shape index (κ2) is 4.41. The summed E-state index contributed by atoms with van der Waals surface area (Å²) in [6, 6.07) is 0.775. The topological polar surface area (TPSA) is 117 Å². The van der Waals surface area contributed by atoms with Crippen molar-refractivity contribution in [3.63, 3.8) is 0 Å². The Morgan fingerprint density at radius 3 is 2.53 bits per heavy atom. The summed E-state index contributed by atoms with van der Waals surface area (Å²) in [6.45, 7) is -0.197. The van der Waals surface area contributed by atoms with E-state index < -0.39 is 28.5 Å². The monoisotopic (exact) mass is 252 g/mol. The molecule has 1 aromatic heterocycles. The van der Waals surface area contributed by atoms with Gasteiger partial charge in [-0.05, 0) is 0 Å². The minimum atomic E-state index is -5.09. The lowest BCUT2D eigenvalue weighted by Gasteiger charge is -2.11. The number of ether oxygens (including phenoxy) is 1. The van der Waals surface area contributed by atoms with E-state index >= 15 is 0 Å². The molecule has 1 aromatic rings. The average Bonchev–Trinajstić information content (AvgIpc) is 2.18. The lowest BCUT2D eigenvalue weighted by atomic mass is 10.3. The molecule has 0 unspecified atom stereocenters. The van der Waals surface area contributed by atoms with Crippen molar-refractivity contribution in [1.82, 2.24) is 4.98 Å². The van der Waals surface area contributed by atoms with Gasteiger partial charge in [0.05, 0.1) is 10.6 Å². The van der Waals surface area contributed by atoms with Crippen LogP contribution < -0.4 is 16.2 Å². The van der Waals surface area contributed by atoms with Gasteiger partial charge in [-0.25, -0.2) is 4.98 Å². The number of hydrogen-bond acceptors (Lipinski definition) is 6. The molecule has 0 spiro atoms. The van der Waals surface area contributed by atoms with Crippen LogP contribution in [-0.4, -0.2) is 16.3 Å². The molecule has 0 aliphatic carbocycles. The number of nitrogens with two attached hydrogens (primary N) is 2. The Kier molecular flexibility index (Phi) is 3.36. The van der Waals surface area contributed by atoms with Crippen LogP contribution in [0.2, 0.25) is 0 Å². The van der Waals surface area contributed by atoms with Crippen LogP contribution >= 0.6 is 0 Å². The van der Waals surface area contributed by atoms with Gasteiger partial charge in [0.25, 0.3) is 0 Å². The maximum absolute atomic E-state index is 12.0. The number of rotatable bonds is 3. The van der Waals surface area contributed by atoms with Crippen molar-refractivity contribution in [1.29, 1.82) is 0 Å². The van der Waals surface area contributed by atoms with Crippen molar-refractivity contribution in [3.8, 4) is 5.75 Å². The largest absolute Gasteiger partial charge is 0.573 e. The van der Waals surface area contributed by atoms with Gasteiger partial charge in [-0.2, -0.15) is 0 Å². The van der Waals surface area contributed by atoms with Crippen LogP contribution in [0.3, 0.4) is 0 Å². The van der Waals surface area contributed by atoms with Crippen LogP contribution in [-0.2, 0) is 6.54 Å². The van der Waals surface area contributed by atoms with E-state index in [1.165, 1.54) is 0 Å². The number of aromatic nitrogens is 1. The molecule has 0 aliphatic rings. The fourth-order valence-electron chi connectivity index (χ4n) is 1.05. The van der Waals surface area contributed by atoms with Crippen LogP contribution in [0.15, 0.2) is 6.07 Å². The zero-order chi connectivity index (χ0) is 13.2. The summed E-state index contributed by atoms with van der Waals surface area (Å²) in [5.74, 6) is -1.88. The standard InChI is InChI=1S/C7H7F3N4O3/c8-7(9,10)17-5-4(14(15)16)1-3(2-11)13-6(5)12/h1H,2,11H2,(H2,12,13). The van der Waals surface area contributed by atoms with Gasteiger partial charge in [-0.3, -0.25) is 10.1 Å². The Morgan fingerprint density at radius 1 is 1.53 bits per heavy atom. The van der Waals surface area contributed by atoms with E-state index in [4.69, 9.17) is 11.5 Å². The molecule has 0 bridgehead atoms. The first kappa shape index (κ1) is 13.0. The fraction of sp³-hybridized carbons (Fsp3) is 0.286. The summed E-state index contributed by atoms with van der Waals surface area (Å²) in [4.78, 5) is 12.9. The summed E-state index contributed by atoms with van der Waals surface area (Å²) in [7, 11) is 0. The molecule has 10 heteroatoms. The number of halogens is 3. The molecule has 0 fully saturated rings. The van der Waals surface area contributed by atoms with Crippen molar-refractivity contribution in [2.24, 2.45) is 5.73 Å². The van der Waals surface area contributed by atoms with Gasteiger partial charge in [0.2, 0.25) is 5.75 Å². The van der Waals surface area contributed by atoms with E-state index in [0.717, 1.165) is 6.07 Å². The molecule has 0 saturated carbocycles. The maximum atomic E-state index is 12.0. The summed E-state index contributed by atoms with van der Waals surface area (Å²) in [6.07, 6.45) is -5.09. The lowest BCUT2D eigenvalue weighted by molar-refractivity contribution is -0.388. The Balaban J connectivity index is 3.32. The number of hydrogen-bond donors (Lipinski definition) is 2. The Hall–Kier alpha value is -2.10. The second-order valence-corrected chi connectivity index (χ2v) is 2.86. The molecule has 0 saturated heterocycles. The average molecular weight is 252 g/mol. The zero-order valence-corrected chi connectivity index (χ0v) is 8.19. The highest BCUT2D eigenvalue weighted by atomic mass is 19.4. The third kappa shape index (κ3) is 3.17. The van der Waals surface area contributed by atoms with Crippen molar-refractivity contribution >= 4 is 11.5 Å². The van der Waals surface area contributed by atoms with Crippen LogP contribution in [0.25, 0.3) is 0 Å². The van der Waals surface area contributed by atoms with E-state index in [0.29, 0.717) is 0 Å². The zero-order valence-electron chi connectivity index (χ0n) is 8.19. The Morgan fingerprint density at radius 2 is 2.12 bits per heavy atom. The molecule has 1 heterocycles. The second-order valence-electron chi connectivity index (χ2n) is 2.86. The molecular weight excluding hydrogens is 245 g/mol. The van der Waals surface area contributed by atoms with E-state index in [-0.39, 0.29) is 12.2 Å². The third-order valence-corrected chi connectivity index (χ3v) is 1.66. The first-order chi connectivity index (χ1) is 7.74. The van der Waals surface area contributed by atoms with E-state index in [2.05, 4.69) is 9.72 Å². The predicted molar refractivity (Wildman–Crippen MR) is 49.9 cm³/mol. The number of alkyl halides is 3. The number of nitrogen functional groups attached to an aromatic ring is 1. The quantitative estimate of drug-likeness (QED) is 0.610. The van der Waals surface area contributed by atoms with Crippen LogP contribution in [0.1, 0.15) is 5.69 Å². The van der Waals surface area contributed by atoms with E-state index in [1.54, 1.807) is 0 Å². The maximum Gasteiger partial charge on any atom is 0.573 e. The third-order valence-electron chi connectivity index (χ3n) is 1.66. The van der Waals surface area contributed by atoms with Crippen molar-refractivity contribution in [3.05, 3.63) is 21.9 Å². The highest BCUT2D eigenvalue weighted by Gasteiger charge is 2.36. The highest BCUT2D eigenvalue weighted by Crippen LogP contribution is 2.36. The fourth-order valence-corrected chi connectivity index (χ4v) is 1.05. The number of pyridine rings is 1. The van der Waals surface area contributed by atoms with Gasteiger partial charge >= 0.3 is 12.0 Å². The van der Waals surface area contributed by atoms with Crippen LogP contribution in [0.5, 0.6) is 5.75 Å². The molecular formula is C7H7F3N4O3. The normalized spacial score (nSPS) is 11.3. The number of anilines is 1.